The van der Waals surface area contributed by atoms with E-state index in [2.05, 4.69) is 22.6 Å². The number of hydrogen-bond acceptors (Lipinski definition) is 1. The van der Waals surface area contributed by atoms with Gasteiger partial charge in [-0.15, -0.1) is 0 Å². The van der Waals surface area contributed by atoms with Gasteiger partial charge in [0.05, 0.1) is 0 Å². The van der Waals surface area contributed by atoms with Crippen LogP contribution in [0.2, 0.25) is 10.0 Å². The molecule has 100 valence electrons. The van der Waals surface area contributed by atoms with E-state index in [1.165, 1.54) is 6.07 Å². The Morgan fingerprint density at radius 2 is 1.84 bits per heavy atom. The van der Waals surface area contributed by atoms with E-state index in [0.29, 0.717) is 21.7 Å². The SMILES string of the molecule is Cc1cc(C(O)c2cc(Cl)ccc2I)c(Cl)cc1F. The summed E-state index contributed by atoms with van der Waals surface area (Å²) >= 11 is 14.1. The van der Waals surface area contributed by atoms with E-state index in [1.54, 1.807) is 25.1 Å². The highest BCUT2D eigenvalue weighted by Gasteiger charge is 2.18. The van der Waals surface area contributed by atoms with Crippen molar-refractivity contribution in [3.05, 3.63) is 66.5 Å². The minimum atomic E-state index is -0.933. The summed E-state index contributed by atoms with van der Waals surface area (Å²) in [5.41, 5.74) is 1.57. The summed E-state index contributed by atoms with van der Waals surface area (Å²) in [5.74, 6) is -0.387. The van der Waals surface area contributed by atoms with Crippen LogP contribution in [0.4, 0.5) is 4.39 Å². The van der Waals surface area contributed by atoms with Crippen LogP contribution in [-0.4, -0.2) is 5.11 Å². The van der Waals surface area contributed by atoms with E-state index in [4.69, 9.17) is 23.2 Å². The molecule has 19 heavy (non-hydrogen) atoms. The molecule has 0 radical (unpaired) electrons. The third-order valence-corrected chi connectivity index (χ3v) is 4.37. The van der Waals surface area contributed by atoms with Crippen LogP contribution in [0.1, 0.15) is 22.8 Å². The van der Waals surface area contributed by atoms with Gasteiger partial charge in [-0.1, -0.05) is 23.2 Å². The molecule has 0 amide bonds. The highest BCUT2D eigenvalue weighted by atomic mass is 127. The molecule has 1 nitrogen and oxygen atoms in total. The van der Waals surface area contributed by atoms with Crippen molar-refractivity contribution < 1.29 is 9.50 Å². The summed E-state index contributed by atoms with van der Waals surface area (Å²) in [4.78, 5) is 0. The molecule has 2 rings (SSSR count). The molecular weight excluding hydrogens is 401 g/mol. The van der Waals surface area contributed by atoms with Gasteiger partial charge in [-0.25, -0.2) is 4.39 Å². The highest BCUT2D eigenvalue weighted by Crippen LogP contribution is 2.33. The summed E-state index contributed by atoms with van der Waals surface area (Å²) in [6.07, 6.45) is -0.933. The van der Waals surface area contributed by atoms with E-state index < -0.39 is 6.10 Å². The number of aliphatic hydroxyl groups excluding tert-OH is 1. The Bertz CT molecular complexity index is 631. The molecule has 0 bridgehead atoms. The molecule has 0 aliphatic carbocycles. The second-order valence-corrected chi connectivity index (χ2v) is 6.20. The van der Waals surface area contributed by atoms with Gasteiger partial charge in [-0.3, -0.25) is 0 Å². The standard InChI is InChI=1S/C14H10Cl2FIO/c1-7-4-9(11(16)6-12(7)17)14(19)10-5-8(15)2-3-13(10)18/h2-6,14,19H,1H3. The highest BCUT2D eigenvalue weighted by molar-refractivity contribution is 14.1. The first kappa shape index (κ1) is 15.0. The van der Waals surface area contributed by atoms with Crippen LogP contribution in [0, 0.1) is 16.3 Å². The zero-order chi connectivity index (χ0) is 14.2. The van der Waals surface area contributed by atoms with E-state index in [0.717, 1.165) is 3.57 Å². The van der Waals surface area contributed by atoms with E-state index in [-0.39, 0.29) is 10.8 Å². The molecule has 5 heteroatoms. The number of hydrogen-bond donors (Lipinski definition) is 1. The lowest BCUT2D eigenvalue weighted by atomic mass is 10.00. The van der Waals surface area contributed by atoms with Crippen molar-refractivity contribution in [2.24, 2.45) is 0 Å². The van der Waals surface area contributed by atoms with Crippen molar-refractivity contribution in [2.45, 2.75) is 13.0 Å². The lowest BCUT2D eigenvalue weighted by Crippen LogP contribution is -2.04. The maximum absolute atomic E-state index is 13.4. The van der Waals surface area contributed by atoms with Crippen LogP contribution in [0.3, 0.4) is 0 Å². The Labute approximate surface area is 134 Å². The Balaban J connectivity index is 2.52. The molecule has 0 fully saturated rings. The lowest BCUT2D eigenvalue weighted by molar-refractivity contribution is 0.219. The molecule has 0 aliphatic rings. The van der Waals surface area contributed by atoms with Gasteiger partial charge in [-0.05, 0) is 71.0 Å². The second kappa shape index (κ2) is 5.95. The van der Waals surface area contributed by atoms with Crippen LogP contribution < -0.4 is 0 Å². The minimum Gasteiger partial charge on any atom is -0.384 e. The summed E-state index contributed by atoms with van der Waals surface area (Å²) < 4.78 is 14.2. The van der Waals surface area contributed by atoms with Gasteiger partial charge in [0, 0.05) is 19.2 Å². The second-order valence-electron chi connectivity index (χ2n) is 4.19. The van der Waals surface area contributed by atoms with Crippen molar-refractivity contribution in [3.8, 4) is 0 Å². The number of benzene rings is 2. The Kier molecular flexibility index (Phi) is 4.71. The molecule has 0 saturated carbocycles. The average molecular weight is 411 g/mol. The van der Waals surface area contributed by atoms with Gasteiger partial charge in [0.25, 0.3) is 0 Å². The molecule has 1 N–H and O–H groups in total. The zero-order valence-electron chi connectivity index (χ0n) is 9.92. The summed E-state index contributed by atoms with van der Waals surface area (Å²) in [5, 5.41) is 11.2. The maximum Gasteiger partial charge on any atom is 0.127 e. The molecule has 2 aromatic rings. The van der Waals surface area contributed by atoms with Crippen molar-refractivity contribution in [2.75, 3.05) is 0 Å². The topological polar surface area (TPSA) is 20.2 Å². The van der Waals surface area contributed by atoms with E-state index >= 15 is 0 Å². The minimum absolute atomic E-state index is 0.200. The number of aryl methyl sites for hydroxylation is 1. The number of aliphatic hydroxyl groups is 1. The fourth-order valence-corrected chi connectivity index (χ4v) is 2.85. The molecule has 1 unspecified atom stereocenters. The molecule has 0 saturated heterocycles. The number of halogens is 4. The summed E-state index contributed by atoms with van der Waals surface area (Å²) in [6, 6.07) is 8.01. The summed E-state index contributed by atoms with van der Waals surface area (Å²) in [7, 11) is 0. The van der Waals surface area contributed by atoms with Gasteiger partial charge in [0.15, 0.2) is 0 Å². The molecule has 1 atom stereocenters. The smallest absolute Gasteiger partial charge is 0.127 e. The van der Waals surface area contributed by atoms with Crippen molar-refractivity contribution in [3.63, 3.8) is 0 Å². The number of rotatable bonds is 2. The fraction of sp³-hybridized carbons (Fsp3) is 0.143. The Morgan fingerprint density at radius 1 is 1.16 bits per heavy atom. The quantitative estimate of drug-likeness (QED) is 0.680. The van der Waals surface area contributed by atoms with E-state index in [1.807, 2.05) is 6.07 Å². The maximum atomic E-state index is 13.4. The Hall–Kier alpha value is -0.360. The molecule has 0 aliphatic heterocycles. The first-order valence-electron chi connectivity index (χ1n) is 5.48. The van der Waals surface area contributed by atoms with Crippen LogP contribution >= 0.6 is 45.8 Å². The first-order chi connectivity index (χ1) is 8.90. The third kappa shape index (κ3) is 3.21. The normalized spacial score (nSPS) is 12.5. The van der Waals surface area contributed by atoms with E-state index in [9.17, 15) is 9.50 Å². The van der Waals surface area contributed by atoms with Crippen molar-refractivity contribution >= 4 is 45.8 Å². The fourth-order valence-electron chi connectivity index (χ4n) is 1.78. The molecular formula is C14H10Cl2FIO. The van der Waals surface area contributed by atoms with Gasteiger partial charge in [-0.2, -0.15) is 0 Å². The zero-order valence-corrected chi connectivity index (χ0v) is 13.6. The molecule has 0 aromatic heterocycles. The molecule has 0 spiro atoms. The molecule has 2 aromatic carbocycles. The van der Waals surface area contributed by atoms with Crippen molar-refractivity contribution in [1.82, 2.24) is 0 Å². The molecule has 0 heterocycles. The van der Waals surface area contributed by atoms with Crippen LogP contribution in [0.5, 0.6) is 0 Å². The van der Waals surface area contributed by atoms with Crippen LogP contribution in [0.25, 0.3) is 0 Å². The van der Waals surface area contributed by atoms with Gasteiger partial charge < -0.3 is 5.11 Å². The van der Waals surface area contributed by atoms with Crippen LogP contribution in [-0.2, 0) is 0 Å². The van der Waals surface area contributed by atoms with Gasteiger partial charge >= 0.3 is 0 Å². The largest absolute Gasteiger partial charge is 0.384 e. The third-order valence-electron chi connectivity index (χ3n) is 2.83. The first-order valence-corrected chi connectivity index (χ1v) is 7.32. The monoisotopic (exact) mass is 410 g/mol. The van der Waals surface area contributed by atoms with Crippen molar-refractivity contribution in [1.29, 1.82) is 0 Å². The Morgan fingerprint density at radius 3 is 2.53 bits per heavy atom. The lowest BCUT2D eigenvalue weighted by Gasteiger charge is -2.16. The predicted molar refractivity (Wildman–Crippen MR) is 84.4 cm³/mol. The summed E-state index contributed by atoms with van der Waals surface area (Å²) in [6.45, 7) is 1.63. The predicted octanol–water partition coefficient (Wildman–Crippen LogP) is 5.13. The van der Waals surface area contributed by atoms with Gasteiger partial charge in [0.2, 0.25) is 0 Å². The van der Waals surface area contributed by atoms with Gasteiger partial charge in [0.1, 0.15) is 11.9 Å². The average Bonchev–Trinajstić information content (AvgIpc) is 2.36. The van der Waals surface area contributed by atoms with Crippen LogP contribution in [0.15, 0.2) is 30.3 Å².